The van der Waals surface area contributed by atoms with Crippen molar-refractivity contribution in [2.45, 2.75) is 93.8 Å². The minimum absolute atomic E-state index is 0.0267. The highest BCUT2D eigenvalue weighted by atomic mass is 16.6. The predicted molar refractivity (Wildman–Crippen MR) is 170 cm³/mol. The first-order chi connectivity index (χ1) is 21.4. The smallest absolute Gasteiger partial charge is 0.245 e. The third-order valence-corrected chi connectivity index (χ3v) is 9.97. The SMILES string of the molecule is Cc1ccc([C@@]23CO[C@@](C)(CO2)[C@@H](O)[C@H](O)[C@H]3O)cc1Cc1ccc(CCCC(=O)NC2(C(=O)NCCN(C)C)CCC2)cc1. The van der Waals surface area contributed by atoms with E-state index in [1.165, 1.54) is 0 Å². The number of carbonyl (C=O) groups excluding carboxylic acids is 2. The quantitative estimate of drug-likeness (QED) is 0.241. The van der Waals surface area contributed by atoms with E-state index in [1.807, 2.05) is 44.1 Å². The van der Waals surface area contributed by atoms with E-state index in [4.69, 9.17) is 9.47 Å². The summed E-state index contributed by atoms with van der Waals surface area (Å²) >= 11 is 0. The van der Waals surface area contributed by atoms with Crippen molar-refractivity contribution in [3.05, 3.63) is 70.3 Å². The van der Waals surface area contributed by atoms with Crippen molar-refractivity contribution in [1.82, 2.24) is 15.5 Å². The topological polar surface area (TPSA) is 141 Å². The van der Waals surface area contributed by atoms with Crippen LogP contribution in [0.2, 0.25) is 0 Å². The Morgan fingerprint density at radius 3 is 2.31 bits per heavy atom. The van der Waals surface area contributed by atoms with Crippen LogP contribution in [0, 0.1) is 6.92 Å². The monoisotopic (exact) mass is 623 g/mol. The molecule has 6 rings (SSSR count). The summed E-state index contributed by atoms with van der Waals surface area (Å²) < 4.78 is 12.1. The first kappa shape index (κ1) is 33.5. The van der Waals surface area contributed by atoms with E-state index in [0.717, 1.165) is 41.6 Å². The molecule has 2 aromatic carbocycles. The number of hydrogen-bond donors (Lipinski definition) is 5. The van der Waals surface area contributed by atoms with Crippen LogP contribution in [-0.4, -0.2) is 102 Å². The number of aliphatic hydroxyl groups is 3. The molecule has 0 radical (unpaired) electrons. The van der Waals surface area contributed by atoms with E-state index in [1.54, 1.807) is 6.92 Å². The molecule has 0 unspecified atom stereocenters. The Hall–Kier alpha value is -2.86. The van der Waals surface area contributed by atoms with Crippen LogP contribution < -0.4 is 10.6 Å². The Kier molecular flexibility index (Phi) is 10.0. The van der Waals surface area contributed by atoms with Gasteiger partial charge in [0.1, 0.15) is 35.1 Å². The maximum absolute atomic E-state index is 12.8. The Morgan fingerprint density at radius 1 is 0.978 bits per heavy atom. The Morgan fingerprint density at radius 2 is 1.69 bits per heavy atom. The molecule has 1 aliphatic carbocycles. The van der Waals surface area contributed by atoms with Crippen molar-refractivity contribution >= 4 is 11.8 Å². The molecule has 4 fully saturated rings. The van der Waals surface area contributed by atoms with Gasteiger partial charge in [-0.2, -0.15) is 0 Å². The van der Waals surface area contributed by atoms with Crippen LogP contribution in [-0.2, 0) is 37.5 Å². The van der Waals surface area contributed by atoms with Gasteiger partial charge in [-0.15, -0.1) is 0 Å². The van der Waals surface area contributed by atoms with Gasteiger partial charge in [0, 0.05) is 19.5 Å². The minimum Gasteiger partial charge on any atom is -0.387 e. The molecule has 2 amide bonds. The van der Waals surface area contributed by atoms with Gasteiger partial charge in [-0.25, -0.2) is 0 Å². The number of hydrogen-bond acceptors (Lipinski definition) is 8. The minimum atomic E-state index is -1.40. The number of benzene rings is 2. The zero-order valence-corrected chi connectivity index (χ0v) is 27.0. The largest absolute Gasteiger partial charge is 0.387 e. The van der Waals surface area contributed by atoms with Crippen LogP contribution in [0.25, 0.3) is 0 Å². The highest BCUT2D eigenvalue weighted by Gasteiger charge is 2.60. The summed E-state index contributed by atoms with van der Waals surface area (Å²) in [7, 11) is 3.92. The number of fused-ring (bicyclic) bond motifs is 4. The van der Waals surface area contributed by atoms with E-state index in [0.29, 0.717) is 44.2 Å². The molecule has 3 heterocycles. The van der Waals surface area contributed by atoms with Gasteiger partial charge in [-0.1, -0.05) is 42.5 Å². The van der Waals surface area contributed by atoms with Gasteiger partial charge >= 0.3 is 0 Å². The molecule has 1 saturated carbocycles. The summed E-state index contributed by atoms with van der Waals surface area (Å²) in [6.07, 6.45) is 0.771. The molecule has 3 saturated heterocycles. The summed E-state index contributed by atoms with van der Waals surface area (Å²) in [6.45, 7) is 5.12. The second kappa shape index (κ2) is 13.5. The number of nitrogens with one attached hydrogen (secondary N) is 2. The number of carbonyl (C=O) groups is 2. The van der Waals surface area contributed by atoms with Gasteiger partial charge in [0.05, 0.1) is 13.2 Å². The number of aryl methyl sites for hydroxylation is 2. The number of ether oxygens (including phenoxy) is 2. The highest BCUT2D eigenvalue weighted by Crippen LogP contribution is 2.44. The van der Waals surface area contributed by atoms with Crippen molar-refractivity contribution in [3.63, 3.8) is 0 Å². The maximum atomic E-state index is 12.8. The highest BCUT2D eigenvalue weighted by molar-refractivity contribution is 5.92. The van der Waals surface area contributed by atoms with Gasteiger partial charge < -0.3 is 40.3 Å². The number of likely N-dealkylation sites (N-methyl/N-ethyl adjacent to an activating group) is 1. The van der Waals surface area contributed by atoms with Gasteiger partial charge in [-0.3, -0.25) is 9.59 Å². The third-order valence-electron chi connectivity index (χ3n) is 9.97. The van der Waals surface area contributed by atoms with Crippen molar-refractivity contribution in [3.8, 4) is 0 Å². The van der Waals surface area contributed by atoms with E-state index >= 15 is 0 Å². The molecular formula is C35H49N3O7. The maximum Gasteiger partial charge on any atom is 0.245 e. The van der Waals surface area contributed by atoms with E-state index < -0.39 is 35.1 Å². The first-order valence-electron chi connectivity index (χ1n) is 16.1. The zero-order chi connectivity index (χ0) is 32.4. The molecule has 4 aliphatic rings. The molecule has 10 nitrogen and oxygen atoms in total. The summed E-state index contributed by atoms with van der Waals surface area (Å²) in [5.74, 6) is -0.161. The van der Waals surface area contributed by atoms with Crippen molar-refractivity contribution in [2.75, 3.05) is 40.4 Å². The van der Waals surface area contributed by atoms with Crippen LogP contribution in [0.1, 0.15) is 66.8 Å². The van der Waals surface area contributed by atoms with Gasteiger partial charge in [0.15, 0.2) is 0 Å². The Balaban J connectivity index is 1.16. The molecule has 3 aliphatic heterocycles. The number of nitrogens with zero attached hydrogens (tertiary/aromatic N) is 1. The molecule has 246 valence electrons. The molecule has 2 aromatic rings. The molecule has 5 atom stereocenters. The Labute approximate surface area is 266 Å². The average molecular weight is 624 g/mol. The van der Waals surface area contributed by atoms with Crippen LogP contribution in [0.5, 0.6) is 0 Å². The Bertz CT molecular complexity index is 1350. The van der Waals surface area contributed by atoms with Crippen LogP contribution in [0.15, 0.2) is 42.5 Å². The number of aliphatic hydroxyl groups excluding tert-OH is 3. The second-order valence-corrected chi connectivity index (χ2v) is 13.7. The summed E-state index contributed by atoms with van der Waals surface area (Å²) in [4.78, 5) is 27.5. The summed E-state index contributed by atoms with van der Waals surface area (Å²) in [5, 5.41) is 38.4. The van der Waals surface area contributed by atoms with Crippen molar-refractivity contribution in [1.29, 1.82) is 0 Å². The fraction of sp³-hybridized carbons (Fsp3) is 0.600. The van der Waals surface area contributed by atoms with Gasteiger partial charge in [-0.05, 0) is 94.3 Å². The van der Waals surface area contributed by atoms with Crippen LogP contribution in [0.3, 0.4) is 0 Å². The molecule has 2 bridgehead atoms. The molecule has 0 aromatic heterocycles. The first-order valence-corrected chi connectivity index (χ1v) is 16.1. The molecule has 45 heavy (non-hydrogen) atoms. The second-order valence-electron chi connectivity index (χ2n) is 13.7. The van der Waals surface area contributed by atoms with Crippen LogP contribution >= 0.6 is 0 Å². The normalized spacial score (nSPS) is 28.8. The van der Waals surface area contributed by atoms with Crippen LogP contribution in [0.4, 0.5) is 0 Å². The number of amides is 2. The third kappa shape index (κ3) is 6.96. The fourth-order valence-corrected chi connectivity index (χ4v) is 6.57. The summed E-state index contributed by atoms with van der Waals surface area (Å²) in [6, 6.07) is 14.2. The fourth-order valence-electron chi connectivity index (χ4n) is 6.57. The average Bonchev–Trinajstić information content (AvgIpc) is 3.11. The lowest BCUT2D eigenvalue weighted by atomic mass is 9.75. The van der Waals surface area contributed by atoms with E-state index in [9.17, 15) is 24.9 Å². The standard InChI is InChI=1S/C35H49N3O7/c1-23-9-14-27(35-22-44-33(2,21-45-35)30(41)29(40)31(35)42)20-26(23)19-25-12-10-24(11-13-25)7-5-8-28(39)37-34(15-6-16-34)32(43)36-17-18-38(3)4/h9-14,20,29-31,40-42H,5-8,15-19,21-22H2,1-4H3,(H,36,43)(H,37,39)/t29-,30-,31+,33-,35+/m0/s1. The van der Waals surface area contributed by atoms with E-state index in [-0.39, 0.29) is 25.0 Å². The lowest BCUT2D eigenvalue weighted by molar-refractivity contribution is -0.255. The molecule has 5 N–H and O–H groups in total. The zero-order valence-electron chi connectivity index (χ0n) is 27.0. The lowest BCUT2D eigenvalue weighted by Gasteiger charge is -2.43. The van der Waals surface area contributed by atoms with Gasteiger partial charge in [0.25, 0.3) is 0 Å². The number of rotatable bonds is 12. The summed E-state index contributed by atoms with van der Waals surface area (Å²) in [5.41, 5.74) is 2.00. The van der Waals surface area contributed by atoms with Crippen molar-refractivity contribution < 1.29 is 34.4 Å². The predicted octanol–water partition coefficient (Wildman–Crippen LogP) is 1.72. The molecule has 10 heteroatoms. The molecule has 0 spiro atoms. The molecular weight excluding hydrogens is 574 g/mol. The van der Waals surface area contributed by atoms with Crippen molar-refractivity contribution in [2.24, 2.45) is 0 Å². The van der Waals surface area contributed by atoms with Gasteiger partial charge in [0.2, 0.25) is 11.8 Å². The van der Waals surface area contributed by atoms with E-state index in [2.05, 4.69) is 34.9 Å². The lowest BCUT2D eigenvalue weighted by Crippen LogP contribution is -2.63.